The average molecular weight is 219 g/mol. The molecule has 86 valence electrons. The Labute approximate surface area is 95.2 Å². The third-order valence-corrected chi connectivity index (χ3v) is 2.98. The molecular formula is C12H17N3O. The number of amides is 1. The van der Waals surface area contributed by atoms with Gasteiger partial charge in [-0.3, -0.25) is 4.79 Å². The number of rotatable bonds is 4. The molecule has 1 unspecified atom stereocenters. The highest BCUT2D eigenvalue weighted by molar-refractivity contribution is 5.73. The summed E-state index contributed by atoms with van der Waals surface area (Å²) in [5, 5.41) is 0. The van der Waals surface area contributed by atoms with Crippen LogP contribution in [0.25, 0.3) is 0 Å². The van der Waals surface area contributed by atoms with Gasteiger partial charge < -0.3 is 10.3 Å². The van der Waals surface area contributed by atoms with E-state index in [2.05, 4.69) is 21.7 Å². The second-order valence-corrected chi connectivity index (χ2v) is 4.18. The zero-order chi connectivity index (χ0) is 11.4. The van der Waals surface area contributed by atoms with Crippen LogP contribution in [0.2, 0.25) is 0 Å². The molecule has 4 heteroatoms. The van der Waals surface area contributed by atoms with Gasteiger partial charge in [0, 0.05) is 31.3 Å². The van der Waals surface area contributed by atoms with Gasteiger partial charge in [-0.05, 0) is 19.3 Å². The maximum Gasteiger partial charge on any atom is 0.219 e. The van der Waals surface area contributed by atoms with Crippen LogP contribution in [-0.4, -0.2) is 15.5 Å². The number of primary amides is 1. The molecule has 1 aromatic heterocycles. The highest BCUT2D eigenvalue weighted by atomic mass is 16.1. The van der Waals surface area contributed by atoms with Crippen molar-refractivity contribution in [1.29, 1.82) is 0 Å². The number of aryl methyl sites for hydroxylation is 1. The molecule has 0 aromatic carbocycles. The summed E-state index contributed by atoms with van der Waals surface area (Å²) < 4.78 is 2.05. The van der Waals surface area contributed by atoms with Crippen molar-refractivity contribution in [2.24, 2.45) is 5.73 Å². The molecule has 4 nitrogen and oxygen atoms in total. The number of hydrogen-bond acceptors (Lipinski definition) is 2. The highest BCUT2D eigenvalue weighted by Gasteiger charge is 2.17. The van der Waals surface area contributed by atoms with E-state index < -0.39 is 0 Å². The minimum absolute atomic E-state index is 0.261. The van der Waals surface area contributed by atoms with Crippen LogP contribution in [0.5, 0.6) is 0 Å². The lowest BCUT2D eigenvalue weighted by molar-refractivity contribution is -0.118. The van der Waals surface area contributed by atoms with E-state index in [1.165, 1.54) is 0 Å². The van der Waals surface area contributed by atoms with Crippen LogP contribution < -0.4 is 5.73 Å². The quantitative estimate of drug-likeness (QED) is 0.781. The summed E-state index contributed by atoms with van der Waals surface area (Å²) >= 11 is 0. The van der Waals surface area contributed by atoms with Gasteiger partial charge in [-0.25, -0.2) is 4.98 Å². The molecular weight excluding hydrogens is 202 g/mol. The summed E-state index contributed by atoms with van der Waals surface area (Å²) in [6.45, 7) is 0.644. The molecule has 16 heavy (non-hydrogen) atoms. The minimum Gasteiger partial charge on any atom is -0.370 e. The van der Waals surface area contributed by atoms with E-state index in [1.807, 2.05) is 6.20 Å². The van der Waals surface area contributed by atoms with Crippen LogP contribution in [0.3, 0.4) is 0 Å². The van der Waals surface area contributed by atoms with Gasteiger partial charge in [0.15, 0.2) is 0 Å². The lowest BCUT2D eigenvalue weighted by Crippen LogP contribution is -2.16. The fourth-order valence-corrected chi connectivity index (χ4v) is 2.13. The standard InChI is InChI=1S/C12H17N3O/c13-11(16)6-8-15-9-7-14-12(15)10-4-2-1-3-5-10/h1-2,7,9-10H,3-6,8H2,(H2,13,16). The summed E-state index contributed by atoms with van der Waals surface area (Å²) in [5.41, 5.74) is 5.15. The molecule has 0 aliphatic heterocycles. The van der Waals surface area contributed by atoms with Crippen molar-refractivity contribution < 1.29 is 4.79 Å². The van der Waals surface area contributed by atoms with Gasteiger partial charge in [0.2, 0.25) is 5.91 Å². The molecule has 1 aliphatic rings. The van der Waals surface area contributed by atoms with Crippen molar-refractivity contribution in [3.63, 3.8) is 0 Å². The minimum atomic E-state index is -0.261. The summed E-state index contributed by atoms with van der Waals surface area (Å²) in [7, 11) is 0. The van der Waals surface area contributed by atoms with Crippen LogP contribution in [-0.2, 0) is 11.3 Å². The topological polar surface area (TPSA) is 60.9 Å². The van der Waals surface area contributed by atoms with E-state index in [-0.39, 0.29) is 5.91 Å². The average Bonchev–Trinajstić information content (AvgIpc) is 2.75. The molecule has 0 saturated heterocycles. The Hall–Kier alpha value is -1.58. The van der Waals surface area contributed by atoms with Crippen LogP contribution >= 0.6 is 0 Å². The Morgan fingerprint density at radius 3 is 3.12 bits per heavy atom. The van der Waals surface area contributed by atoms with E-state index in [4.69, 9.17) is 5.73 Å². The van der Waals surface area contributed by atoms with Crippen molar-refractivity contribution in [1.82, 2.24) is 9.55 Å². The largest absolute Gasteiger partial charge is 0.370 e. The Morgan fingerprint density at radius 1 is 1.56 bits per heavy atom. The first-order valence-electron chi connectivity index (χ1n) is 5.71. The number of nitrogens with zero attached hydrogens (tertiary/aromatic N) is 2. The summed E-state index contributed by atoms with van der Waals surface area (Å²) in [5.74, 6) is 1.32. The first kappa shape index (κ1) is 10.9. The van der Waals surface area contributed by atoms with Gasteiger partial charge in [-0.15, -0.1) is 0 Å². The molecule has 1 heterocycles. The second kappa shape index (κ2) is 4.96. The lowest BCUT2D eigenvalue weighted by Gasteiger charge is -2.18. The number of nitrogens with two attached hydrogens (primary N) is 1. The van der Waals surface area contributed by atoms with E-state index >= 15 is 0 Å². The number of hydrogen-bond donors (Lipinski definition) is 1. The molecule has 0 radical (unpaired) electrons. The van der Waals surface area contributed by atoms with Crippen LogP contribution in [0.1, 0.15) is 37.4 Å². The van der Waals surface area contributed by atoms with Crippen LogP contribution in [0.15, 0.2) is 24.5 Å². The predicted molar refractivity (Wildman–Crippen MR) is 61.8 cm³/mol. The Bertz CT molecular complexity index is 395. The van der Waals surface area contributed by atoms with Crippen molar-refractivity contribution in [3.05, 3.63) is 30.4 Å². The lowest BCUT2D eigenvalue weighted by atomic mass is 9.93. The number of aromatic nitrogens is 2. The third-order valence-electron chi connectivity index (χ3n) is 2.98. The zero-order valence-corrected chi connectivity index (χ0v) is 9.30. The molecule has 0 spiro atoms. The first-order chi connectivity index (χ1) is 7.77. The van der Waals surface area contributed by atoms with Crippen molar-refractivity contribution >= 4 is 5.91 Å². The Morgan fingerprint density at radius 2 is 2.44 bits per heavy atom. The second-order valence-electron chi connectivity index (χ2n) is 4.18. The molecule has 0 bridgehead atoms. The van der Waals surface area contributed by atoms with Gasteiger partial charge >= 0.3 is 0 Å². The van der Waals surface area contributed by atoms with E-state index in [9.17, 15) is 4.79 Å². The van der Waals surface area contributed by atoms with Gasteiger partial charge in [0.05, 0.1) is 0 Å². The van der Waals surface area contributed by atoms with E-state index in [0.29, 0.717) is 18.9 Å². The SMILES string of the molecule is NC(=O)CCn1ccnc1C1CC=CCC1. The zero-order valence-electron chi connectivity index (χ0n) is 9.30. The van der Waals surface area contributed by atoms with E-state index in [1.54, 1.807) is 6.20 Å². The summed E-state index contributed by atoms with van der Waals surface area (Å²) in [6, 6.07) is 0. The fraction of sp³-hybridized carbons (Fsp3) is 0.500. The number of allylic oxidation sites excluding steroid dienone is 2. The van der Waals surface area contributed by atoms with Crippen LogP contribution in [0.4, 0.5) is 0 Å². The molecule has 1 aliphatic carbocycles. The monoisotopic (exact) mass is 219 g/mol. The van der Waals surface area contributed by atoms with Crippen LogP contribution in [0, 0.1) is 0 Å². The molecule has 0 saturated carbocycles. The summed E-state index contributed by atoms with van der Waals surface area (Å²) in [6.07, 6.45) is 11.8. The third kappa shape index (κ3) is 2.51. The normalized spacial score (nSPS) is 19.9. The van der Waals surface area contributed by atoms with Gasteiger partial charge in [0.25, 0.3) is 0 Å². The molecule has 1 aromatic rings. The maximum absolute atomic E-state index is 10.8. The van der Waals surface area contributed by atoms with Gasteiger partial charge in [0.1, 0.15) is 5.82 Å². The smallest absolute Gasteiger partial charge is 0.219 e. The predicted octanol–water partition coefficient (Wildman–Crippen LogP) is 1.58. The number of carbonyl (C=O) groups is 1. The maximum atomic E-state index is 10.8. The van der Waals surface area contributed by atoms with E-state index in [0.717, 1.165) is 25.1 Å². The van der Waals surface area contributed by atoms with Gasteiger partial charge in [-0.2, -0.15) is 0 Å². The highest BCUT2D eigenvalue weighted by Crippen LogP contribution is 2.27. The number of imidazole rings is 1. The molecule has 2 N–H and O–H groups in total. The summed E-state index contributed by atoms with van der Waals surface area (Å²) in [4.78, 5) is 15.2. The fourth-order valence-electron chi connectivity index (χ4n) is 2.13. The van der Waals surface area contributed by atoms with Gasteiger partial charge in [-0.1, -0.05) is 12.2 Å². The Balaban J connectivity index is 2.06. The molecule has 2 rings (SSSR count). The molecule has 0 fully saturated rings. The molecule has 1 atom stereocenters. The Kier molecular flexibility index (Phi) is 3.39. The first-order valence-corrected chi connectivity index (χ1v) is 5.71. The molecule has 1 amide bonds. The number of carbonyl (C=O) groups excluding carboxylic acids is 1. The van der Waals surface area contributed by atoms with Crippen molar-refractivity contribution in [2.45, 2.75) is 38.1 Å². The van der Waals surface area contributed by atoms with Crippen molar-refractivity contribution in [3.8, 4) is 0 Å². The van der Waals surface area contributed by atoms with Crippen molar-refractivity contribution in [2.75, 3.05) is 0 Å².